The molecule has 0 amide bonds. The van der Waals surface area contributed by atoms with Gasteiger partial charge in [0.15, 0.2) is 0 Å². The van der Waals surface area contributed by atoms with E-state index in [2.05, 4.69) is 22.6 Å². The van der Waals surface area contributed by atoms with Gasteiger partial charge in [0, 0.05) is 25.3 Å². The molecule has 4 heteroatoms. The maximum Gasteiger partial charge on any atom is 0.205 e. The molecular formula is C17H30N4. The molecule has 4 nitrogen and oxygen atoms in total. The molecule has 2 N–H and O–H groups in total. The van der Waals surface area contributed by atoms with Crippen molar-refractivity contribution in [3.05, 3.63) is 11.9 Å². The van der Waals surface area contributed by atoms with Crippen molar-refractivity contribution < 1.29 is 0 Å². The lowest BCUT2D eigenvalue weighted by atomic mass is 9.95. The molecule has 0 aromatic carbocycles. The van der Waals surface area contributed by atoms with Crippen molar-refractivity contribution in [2.75, 3.05) is 24.5 Å². The molecule has 118 valence electrons. The average molecular weight is 290 g/mol. The highest BCUT2D eigenvalue weighted by atomic mass is 15.3. The highest BCUT2D eigenvalue weighted by Crippen LogP contribution is 2.33. The molecule has 1 aliphatic heterocycles. The molecule has 2 aliphatic rings. The van der Waals surface area contributed by atoms with E-state index in [9.17, 15) is 0 Å². The molecule has 3 rings (SSSR count). The lowest BCUT2D eigenvalue weighted by Crippen LogP contribution is -2.38. The monoisotopic (exact) mass is 290 g/mol. The molecular weight excluding hydrogens is 260 g/mol. The van der Waals surface area contributed by atoms with Gasteiger partial charge in [-0.3, -0.25) is 0 Å². The molecule has 2 fully saturated rings. The molecule has 1 aromatic rings. The second-order valence-electron chi connectivity index (χ2n) is 6.75. The van der Waals surface area contributed by atoms with E-state index < -0.39 is 0 Å². The van der Waals surface area contributed by atoms with Gasteiger partial charge in [-0.15, -0.1) is 0 Å². The molecule has 1 saturated carbocycles. The number of anilines is 1. The highest BCUT2D eigenvalue weighted by molar-refractivity contribution is 5.35. The second-order valence-corrected chi connectivity index (χ2v) is 6.75. The van der Waals surface area contributed by atoms with Crippen molar-refractivity contribution >= 4 is 5.95 Å². The molecule has 0 atom stereocenters. The van der Waals surface area contributed by atoms with Crippen molar-refractivity contribution in [2.45, 2.75) is 64.3 Å². The Hall–Kier alpha value is -1.03. The summed E-state index contributed by atoms with van der Waals surface area (Å²) in [5.74, 6) is 1.94. The van der Waals surface area contributed by atoms with Gasteiger partial charge in [0.25, 0.3) is 0 Å². The first-order chi connectivity index (χ1) is 10.3. The Bertz CT molecular complexity index is 440. The van der Waals surface area contributed by atoms with Crippen LogP contribution in [-0.4, -0.2) is 29.2 Å². The number of rotatable bonds is 4. The molecule has 0 unspecified atom stereocenters. The van der Waals surface area contributed by atoms with E-state index >= 15 is 0 Å². The van der Waals surface area contributed by atoms with Crippen LogP contribution in [0, 0.1) is 5.92 Å². The minimum absolute atomic E-state index is 0.675. The zero-order chi connectivity index (χ0) is 14.7. The normalized spacial score (nSPS) is 21.9. The van der Waals surface area contributed by atoms with Gasteiger partial charge in [-0.1, -0.05) is 26.2 Å². The Morgan fingerprint density at radius 2 is 1.86 bits per heavy atom. The van der Waals surface area contributed by atoms with Crippen molar-refractivity contribution in [2.24, 2.45) is 11.7 Å². The van der Waals surface area contributed by atoms with E-state index in [-0.39, 0.29) is 0 Å². The second kappa shape index (κ2) is 6.82. The van der Waals surface area contributed by atoms with Gasteiger partial charge in [0.1, 0.15) is 0 Å². The molecule has 0 radical (unpaired) electrons. The number of nitrogens with zero attached hydrogens (tertiary/aromatic N) is 3. The van der Waals surface area contributed by atoms with Gasteiger partial charge >= 0.3 is 0 Å². The number of imidazole rings is 1. The third kappa shape index (κ3) is 3.25. The number of aryl methyl sites for hydroxylation is 1. The quantitative estimate of drug-likeness (QED) is 0.926. The summed E-state index contributed by atoms with van der Waals surface area (Å²) in [6.45, 7) is 5.28. The molecule has 1 saturated heterocycles. The Morgan fingerprint density at radius 1 is 1.14 bits per heavy atom. The van der Waals surface area contributed by atoms with Crippen LogP contribution in [0.4, 0.5) is 5.95 Å². The third-order valence-electron chi connectivity index (χ3n) is 5.32. The topological polar surface area (TPSA) is 47.1 Å². The Balaban J connectivity index is 1.78. The number of piperidine rings is 1. The van der Waals surface area contributed by atoms with E-state index in [4.69, 9.17) is 10.7 Å². The zero-order valence-corrected chi connectivity index (χ0v) is 13.4. The first-order valence-corrected chi connectivity index (χ1v) is 8.84. The first-order valence-electron chi connectivity index (χ1n) is 8.84. The van der Waals surface area contributed by atoms with Crippen LogP contribution in [0.25, 0.3) is 0 Å². The molecule has 0 spiro atoms. The first kappa shape index (κ1) is 14.9. The maximum absolute atomic E-state index is 5.82. The van der Waals surface area contributed by atoms with Crippen LogP contribution in [0.5, 0.6) is 0 Å². The standard InChI is InChI=1S/C17H30N4/c1-2-15-13-21(16-6-4-3-5-7-16)17(19-15)20-10-8-14(12-18)9-11-20/h13-14,16H,2-12,18H2,1H3. The van der Waals surface area contributed by atoms with E-state index in [1.54, 1.807) is 0 Å². The Morgan fingerprint density at radius 3 is 2.48 bits per heavy atom. The fraction of sp³-hybridized carbons (Fsp3) is 0.824. The lowest BCUT2D eigenvalue weighted by Gasteiger charge is -2.34. The molecule has 1 aliphatic carbocycles. The Labute approximate surface area is 128 Å². The summed E-state index contributed by atoms with van der Waals surface area (Å²) < 4.78 is 2.50. The number of nitrogens with two attached hydrogens (primary N) is 1. The highest BCUT2D eigenvalue weighted by Gasteiger charge is 2.25. The Kier molecular flexibility index (Phi) is 4.84. The number of aromatic nitrogens is 2. The molecule has 21 heavy (non-hydrogen) atoms. The van der Waals surface area contributed by atoms with E-state index in [1.807, 2.05) is 0 Å². The minimum atomic E-state index is 0.675. The fourth-order valence-corrected chi connectivity index (χ4v) is 3.83. The molecule has 2 heterocycles. The largest absolute Gasteiger partial charge is 0.342 e. The van der Waals surface area contributed by atoms with Crippen molar-refractivity contribution in [3.8, 4) is 0 Å². The number of hydrogen-bond acceptors (Lipinski definition) is 3. The third-order valence-corrected chi connectivity index (χ3v) is 5.32. The number of hydrogen-bond donors (Lipinski definition) is 1. The minimum Gasteiger partial charge on any atom is -0.342 e. The van der Waals surface area contributed by atoms with Crippen LogP contribution in [0.1, 0.15) is 63.6 Å². The van der Waals surface area contributed by atoms with Gasteiger partial charge in [0.05, 0.1) is 5.69 Å². The van der Waals surface area contributed by atoms with Crippen LogP contribution in [0.2, 0.25) is 0 Å². The lowest BCUT2D eigenvalue weighted by molar-refractivity contribution is 0.346. The van der Waals surface area contributed by atoms with Gasteiger partial charge in [-0.25, -0.2) is 4.98 Å². The summed E-state index contributed by atoms with van der Waals surface area (Å²) in [5.41, 5.74) is 7.07. The summed E-state index contributed by atoms with van der Waals surface area (Å²) in [4.78, 5) is 7.44. The van der Waals surface area contributed by atoms with Crippen LogP contribution in [0.15, 0.2) is 6.20 Å². The van der Waals surface area contributed by atoms with Crippen LogP contribution < -0.4 is 10.6 Å². The fourth-order valence-electron chi connectivity index (χ4n) is 3.83. The maximum atomic E-state index is 5.82. The summed E-state index contributed by atoms with van der Waals surface area (Å²) in [7, 11) is 0. The van der Waals surface area contributed by atoms with Gasteiger partial charge in [-0.2, -0.15) is 0 Å². The van der Waals surface area contributed by atoms with Crippen molar-refractivity contribution in [1.82, 2.24) is 9.55 Å². The van der Waals surface area contributed by atoms with Crippen molar-refractivity contribution in [3.63, 3.8) is 0 Å². The smallest absolute Gasteiger partial charge is 0.205 e. The molecule has 1 aromatic heterocycles. The summed E-state index contributed by atoms with van der Waals surface area (Å²) in [6.07, 6.45) is 12.6. The van der Waals surface area contributed by atoms with Gasteiger partial charge in [-0.05, 0) is 44.6 Å². The van der Waals surface area contributed by atoms with Crippen LogP contribution in [-0.2, 0) is 6.42 Å². The van der Waals surface area contributed by atoms with E-state index in [1.165, 1.54) is 56.6 Å². The van der Waals surface area contributed by atoms with E-state index in [0.717, 1.165) is 26.1 Å². The van der Waals surface area contributed by atoms with Crippen molar-refractivity contribution in [1.29, 1.82) is 0 Å². The summed E-state index contributed by atoms with van der Waals surface area (Å²) in [6, 6.07) is 0.675. The van der Waals surface area contributed by atoms with Gasteiger partial charge < -0.3 is 15.2 Å². The zero-order valence-electron chi connectivity index (χ0n) is 13.4. The predicted octanol–water partition coefficient (Wildman–Crippen LogP) is 3.13. The van der Waals surface area contributed by atoms with E-state index in [0.29, 0.717) is 12.0 Å². The average Bonchev–Trinajstić information content (AvgIpc) is 3.00. The molecule has 0 bridgehead atoms. The van der Waals surface area contributed by atoms with Crippen LogP contribution >= 0.6 is 0 Å². The van der Waals surface area contributed by atoms with Crippen LogP contribution in [0.3, 0.4) is 0 Å². The SMILES string of the molecule is CCc1cn(C2CCCCC2)c(N2CCC(CN)CC2)n1. The summed E-state index contributed by atoms with van der Waals surface area (Å²) >= 11 is 0. The predicted molar refractivity (Wildman–Crippen MR) is 87.7 cm³/mol. The van der Waals surface area contributed by atoms with Gasteiger partial charge in [0.2, 0.25) is 5.95 Å². The summed E-state index contributed by atoms with van der Waals surface area (Å²) in [5, 5.41) is 0.